The Bertz CT molecular complexity index is 1590. The normalized spacial score (nSPS) is 16.0. The number of amides is 1. The third-order valence-electron chi connectivity index (χ3n) is 6.76. The van der Waals surface area contributed by atoms with E-state index in [9.17, 15) is 4.79 Å². The molecule has 9 nitrogen and oxygen atoms in total. The van der Waals surface area contributed by atoms with E-state index in [-0.39, 0.29) is 12.7 Å². The van der Waals surface area contributed by atoms with Crippen LogP contribution in [0.3, 0.4) is 0 Å². The van der Waals surface area contributed by atoms with Gasteiger partial charge in [-0.15, -0.1) is 0 Å². The van der Waals surface area contributed by atoms with Gasteiger partial charge in [-0.25, -0.2) is 4.98 Å². The van der Waals surface area contributed by atoms with Gasteiger partial charge < -0.3 is 23.9 Å². The summed E-state index contributed by atoms with van der Waals surface area (Å²) in [5.74, 6) is 1.98. The largest absolute Gasteiger partial charge is 0.454 e. The number of carbonyl (C=O) groups is 1. The first-order chi connectivity index (χ1) is 18.2. The van der Waals surface area contributed by atoms with Gasteiger partial charge in [0.25, 0.3) is 5.91 Å². The van der Waals surface area contributed by atoms with E-state index in [2.05, 4.69) is 20.1 Å². The summed E-state index contributed by atoms with van der Waals surface area (Å²) < 4.78 is 16.6. The van der Waals surface area contributed by atoms with Crippen LogP contribution in [0.5, 0.6) is 11.5 Å². The first kappa shape index (κ1) is 21.4. The molecule has 0 spiro atoms. The Hall–Kier alpha value is -4.92. The van der Waals surface area contributed by atoms with Crippen LogP contribution >= 0.6 is 0 Å². The highest BCUT2D eigenvalue weighted by Gasteiger charge is 2.36. The lowest BCUT2D eigenvalue weighted by atomic mass is 9.99. The summed E-state index contributed by atoms with van der Waals surface area (Å²) in [6.07, 6.45) is 2.12. The number of fused-ring (bicyclic) bond motifs is 2. The van der Waals surface area contributed by atoms with Crippen molar-refractivity contribution in [3.8, 4) is 34.0 Å². The molecule has 0 fully saturated rings. The second-order valence-electron chi connectivity index (χ2n) is 8.95. The number of benzene rings is 3. The zero-order chi connectivity index (χ0) is 24.8. The van der Waals surface area contributed by atoms with E-state index in [1.165, 1.54) is 0 Å². The molecular weight excluding hydrogens is 470 g/mol. The van der Waals surface area contributed by atoms with Gasteiger partial charge in [-0.2, -0.15) is 4.98 Å². The molecule has 9 heteroatoms. The second-order valence-corrected chi connectivity index (χ2v) is 8.95. The van der Waals surface area contributed by atoms with Crippen LogP contribution in [-0.2, 0) is 13.0 Å². The zero-order valence-corrected chi connectivity index (χ0v) is 19.6. The molecule has 37 heavy (non-hydrogen) atoms. The molecule has 3 aromatic carbocycles. The Morgan fingerprint density at radius 3 is 2.57 bits per heavy atom. The molecule has 0 radical (unpaired) electrons. The summed E-state index contributed by atoms with van der Waals surface area (Å²) >= 11 is 0. The monoisotopic (exact) mass is 491 g/mol. The summed E-state index contributed by atoms with van der Waals surface area (Å²) in [4.78, 5) is 27.7. The van der Waals surface area contributed by atoms with E-state index in [0.29, 0.717) is 41.7 Å². The molecule has 0 saturated heterocycles. The SMILES string of the molecule is O=C(c1ccc(-c2ccccc2)cc1)N1Cc2[nH]cnc2C[C@H]1c1nc(-c2ccc3c(c2)OCO3)no1. The summed E-state index contributed by atoms with van der Waals surface area (Å²) in [6, 6.07) is 22.8. The Morgan fingerprint density at radius 1 is 0.919 bits per heavy atom. The number of aromatic amines is 1. The fourth-order valence-electron chi connectivity index (χ4n) is 4.80. The maximum atomic E-state index is 13.7. The predicted octanol–water partition coefficient (Wildman–Crippen LogP) is 4.80. The number of H-pyrrole nitrogens is 1. The molecule has 0 unspecified atom stereocenters. The number of nitrogens with one attached hydrogen (secondary N) is 1. The van der Waals surface area contributed by atoms with Gasteiger partial charge in [0, 0.05) is 17.5 Å². The van der Waals surface area contributed by atoms with Crippen molar-refractivity contribution in [1.82, 2.24) is 25.0 Å². The van der Waals surface area contributed by atoms with E-state index in [4.69, 9.17) is 14.0 Å². The van der Waals surface area contributed by atoms with Crippen LogP contribution in [0.4, 0.5) is 0 Å². The molecule has 2 aromatic heterocycles. The van der Waals surface area contributed by atoms with Crippen LogP contribution in [0, 0.1) is 0 Å². The Kier molecular flexibility index (Phi) is 4.99. The number of hydrogen-bond donors (Lipinski definition) is 1. The average Bonchev–Trinajstić information content (AvgIpc) is 3.72. The van der Waals surface area contributed by atoms with Crippen molar-refractivity contribution in [2.75, 3.05) is 6.79 Å². The van der Waals surface area contributed by atoms with Crippen molar-refractivity contribution in [2.45, 2.75) is 19.0 Å². The number of ether oxygens (including phenoxy) is 2. The summed E-state index contributed by atoms with van der Waals surface area (Å²) in [5.41, 5.74) is 5.26. The molecule has 7 rings (SSSR count). The molecule has 1 amide bonds. The van der Waals surface area contributed by atoms with Crippen LogP contribution in [0.1, 0.15) is 33.7 Å². The van der Waals surface area contributed by atoms with Crippen molar-refractivity contribution in [3.05, 3.63) is 102 Å². The molecule has 182 valence electrons. The first-order valence-electron chi connectivity index (χ1n) is 11.9. The van der Waals surface area contributed by atoms with Gasteiger partial charge in [-0.05, 0) is 41.5 Å². The number of rotatable bonds is 4. The number of aromatic nitrogens is 4. The van der Waals surface area contributed by atoms with Crippen molar-refractivity contribution in [2.24, 2.45) is 0 Å². The fourth-order valence-corrected chi connectivity index (χ4v) is 4.80. The van der Waals surface area contributed by atoms with Crippen LogP contribution in [0.15, 0.2) is 83.6 Å². The summed E-state index contributed by atoms with van der Waals surface area (Å²) in [5, 5.41) is 4.19. The van der Waals surface area contributed by atoms with Crippen molar-refractivity contribution in [3.63, 3.8) is 0 Å². The topological polar surface area (TPSA) is 106 Å². The Balaban J connectivity index is 1.20. The minimum atomic E-state index is -0.452. The maximum absolute atomic E-state index is 13.7. The number of nitrogens with zero attached hydrogens (tertiary/aromatic N) is 4. The Labute approximate surface area is 211 Å². The van der Waals surface area contributed by atoms with E-state index < -0.39 is 6.04 Å². The van der Waals surface area contributed by atoms with Gasteiger partial charge in [-0.3, -0.25) is 4.79 Å². The first-order valence-corrected chi connectivity index (χ1v) is 11.9. The second kappa shape index (κ2) is 8.63. The highest BCUT2D eigenvalue weighted by molar-refractivity contribution is 5.95. The highest BCUT2D eigenvalue weighted by atomic mass is 16.7. The smallest absolute Gasteiger partial charge is 0.254 e. The molecule has 2 aliphatic heterocycles. The molecule has 1 atom stereocenters. The standard InChI is InChI=1S/C28H21N5O4/c34-28(19-8-6-18(7-9-19)17-4-2-1-3-5-17)33-14-22-21(29-15-30-22)13-23(33)27-31-26(32-37-27)20-10-11-24-25(12-20)36-16-35-24/h1-12,15,23H,13-14,16H2,(H,29,30)/t23-/m0/s1. The minimum Gasteiger partial charge on any atom is -0.454 e. The average molecular weight is 492 g/mol. The lowest BCUT2D eigenvalue weighted by Gasteiger charge is -2.32. The van der Waals surface area contributed by atoms with Gasteiger partial charge in [0.05, 0.1) is 24.3 Å². The van der Waals surface area contributed by atoms with Gasteiger partial charge in [0.15, 0.2) is 11.5 Å². The Morgan fingerprint density at radius 2 is 1.70 bits per heavy atom. The zero-order valence-electron chi connectivity index (χ0n) is 19.6. The molecule has 1 N–H and O–H groups in total. The lowest BCUT2D eigenvalue weighted by molar-refractivity contribution is 0.0590. The fraction of sp³-hybridized carbons (Fsp3) is 0.143. The summed E-state index contributed by atoms with van der Waals surface area (Å²) in [7, 11) is 0. The lowest BCUT2D eigenvalue weighted by Crippen LogP contribution is -2.39. The van der Waals surface area contributed by atoms with Gasteiger partial charge >= 0.3 is 0 Å². The number of carbonyl (C=O) groups excluding carboxylic acids is 1. The predicted molar refractivity (Wildman–Crippen MR) is 133 cm³/mol. The van der Waals surface area contributed by atoms with E-state index in [0.717, 1.165) is 28.1 Å². The number of hydrogen-bond acceptors (Lipinski definition) is 7. The van der Waals surface area contributed by atoms with E-state index >= 15 is 0 Å². The van der Waals surface area contributed by atoms with Crippen molar-refractivity contribution in [1.29, 1.82) is 0 Å². The molecule has 2 aliphatic rings. The van der Waals surface area contributed by atoms with E-state index in [1.54, 1.807) is 11.2 Å². The molecule has 0 bridgehead atoms. The molecule has 0 saturated carbocycles. The van der Waals surface area contributed by atoms with Crippen LogP contribution < -0.4 is 9.47 Å². The van der Waals surface area contributed by atoms with Gasteiger partial charge in [-0.1, -0.05) is 47.6 Å². The molecule has 5 aromatic rings. The van der Waals surface area contributed by atoms with Crippen LogP contribution in [-0.4, -0.2) is 37.7 Å². The van der Waals surface area contributed by atoms with Gasteiger partial charge in [0.1, 0.15) is 6.04 Å². The molecule has 0 aliphatic carbocycles. The number of imidazole rings is 1. The molecule has 4 heterocycles. The quantitative estimate of drug-likeness (QED) is 0.385. The van der Waals surface area contributed by atoms with E-state index in [1.807, 2.05) is 72.8 Å². The molecular formula is C28H21N5O4. The summed E-state index contributed by atoms with van der Waals surface area (Å²) in [6.45, 7) is 0.550. The van der Waals surface area contributed by atoms with Crippen molar-refractivity contribution >= 4 is 5.91 Å². The minimum absolute atomic E-state index is 0.118. The van der Waals surface area contributed by atoms with Crippen LogP contribution in [0.2, 0.25) is 0 Å². The third kappa shape index (κ3) is 3.81. The van der Waals surface area contributed by atoms with Crippen molar-refractivity contribution < 1.29 is 18.8 Å². The third-order valence-corrected chi connectivity index (χ3v) is 6.76. The van der Waals surface area contributed by atoms with Gasteiger partial charge in [0.2, 0.25) is 18.5 Å². The maximum Gasteiger partial charge on any atom is 0.254 e. The van der Waals surface area contributed by atoms with Crippen LogP contribution in [0.25, 0.3) is 22.5 Å². The highest BCUT2D eigenvalue weighted by Crippen LogP contribution is 2.37.